The van der Waals surface area contributed by atoms with Gasteiger partial charge >= 0.3 is 5.97 Å². The van der Waals surface area contributed by atoms with Crippen molar-refractivity contribution in [1.29, 1.82) is 0 Å². The minimum atomic E-state index is -2.82. The molecule has 2 rings (SSSR count). The summed E-state index contributed by atoms with van der Waals surface area (Å²) in [6.45, 7) is 1.38. The van der Waals surface area contributed by atoms with E-state index in [2.05, 4.69) is 4.90 Å². The molecule has 6 heteroatoms. The molecule has 0 amide bonds. The highest BCUT2D eigenvalue weighted by Crippen LogP contribution is 2.25. The SMILES string of the molecule is O=C(O)C1CCN(C2CCS(=O)(=O)CC2)C1. The van der Waals surface area contributed by atoms with E-state index in [0.29, 0.717) is 25.8 Å². The average molecular weight is 247 g/mol. The van der Waals surface area contributed by atoms with Crippen LogP contribution in [-0.4, -0.2) is 55.0 Å². The fourth-order valence-corrected chi connectivity index (χ4v) is 4.03. The summed E-state index contributed by atoms with van der Waals surface area (Å²) in [4.78, 5) is 13.0. The van der Waals surface area contributed by atoms with Crippen LogP contribution in [-0.2, 0) is 14.6 Å². The third-order valence-electron chi connectivity index (χ3n) is 3.61. The maximum atomic E-state index is 11.3. The van der Waals surface area contributed by atoms with Crippen molar-refractivity contribution >= 4 is 15.8 Å². The van der Waals surface area contributed by atoms with Crippen molar-refractivity contribution in [2.45, 2.75) is 25.3 Å². The summed E-state index contributed by atoms with van der Waals surface area (Å²) in [6.07, 6.45) is 2.02. The van der Waals surface area contributed by atoms with Crippen LogP contribution in [0.15, 0.2) is 0 Å². The van der Waals surface area contributed by atoms with Crippen molar-refractivity contribution in [3.05, 3.63) is 0 Å². The molecule has 92 valence electrons. The highest BCUT2D eigenvalue weighted by molar-refractivity contribution is 7.91. The van der Waals surface area contributed by atoms with E-state index in [1.54, 1.807) is 0 Å². The quantitative estimate of drug-likeness (QED) is 0.741. The van der Waals surface area contributed by atoms with Gasteiger partial charge in [0.05, 0.1) is 17.4 Å². The molecular formula is C10H17NO4S. The molecular weight excluding hydrogens is 230 g/mol. The first-order chi connectivity index (χ1) is 7.48. The van der Waals surface area contributed by atoms with Gasteiger partial charge in [-0.1, -0.05) is 0 Å². The summed E-state index contributed by atoms with van der Waals surface area (Å²) in [5.41, 5.74) is 0. The second-order valence-electron chi connectivity index (χ2n) is 4.70. The molecule has 16 heavy (non-hydrogen) atoms. The van der Waals surface area contributed by atoms with E-state index in [-0.39, 0.29) is 23.5 Å². The van der Waals surface area contributed by atoms with Crippen LogP contribution >= 0.6 is 0 Å². The molecule has 1 unspecified atom stereocenters. The highest BCUT2D eigenvalue weighted by Gasteiger charge is 2.34. The number of nitrogens with zero attached hydrogens (tertiary/aromatic N) is 1. The third kappa shape index (κ3) is 2.55. The molecule has 0 aromatic rings. The number of carbonyl (C=O) groups is 1. The van der Waals surface area contributed by atoms with Crippen LogP contribution in [0.25, 0.3) is 0 Å². The van der Waals surface area contributed by atoms with E-state index in [4.69, 9.17) is 5.11 Å². The number of hydrogen-bond acceptors (Lipinski definition) is 4. The molecule has 0 radical (unpaired) electrons. The zero-order valence-electron chi connectivity index (χ0n) is 9.13. The molecule has 0 aromatic heterocycles. The molecule has 0 aliphatic carbocycles. The molecule has 2 aliphatic heterocycles. The van der Waals surface area contributed by atoms with Gasteiger partial charge in [0.25, 0.3) is 0 Å². The van der Waals surface area contributed by atoms with Crippen molar-refractivity contribution < 1.29 is 18.3 Å². The number of carboxylic acids is 1. The van der Waals surface area contributed by atoms with Crippen LogP contribution in [0.3, 0.4) is 0 Å². The monoisotopic (exact) mass is 247 g/mol. The fourth-order valence-electron chi connectivity index (χ4n) is 2.56. The van der Waals surface area contributed by atoms with Gasteiger partial charge in [0, 0.05) is 12.6 Å². The number of aliphatic carboxylic acids is 1. The second kappa shape index (κ2) is 4.33. The minimum absolute atomic E-state index is 0.256. The Morgan fingerprint density at radius 3 is 2.31 bits per heavy atom. The molecule has 0 bridgehead atoms. The Hall–Kier alpha value is -0.620. The predicted molar refractivity (Wildman–Crippen MR) is 59.0 cm³/mol. The van der Waals surface area contributed by atoms with Crippen LogP contribution < -0.4 is 0 Å². The first-order valence-corrected chi connectivity index (χ1v) is 7.47. The molecule has 5 nitrogen and oxygen atoms in total. The molecule has 2 fully saturated rings. The molecule has 2 aliphatic rings. The van der Waals surface area contributed by atoms with Crippen LogP contribution in [0.2, 0.25) is 0 Å². The Bertz CT molecular complexity index is 364. The van der Waals surface area contributed by atoms with Gasteiger partial charge in [-0.25, -0.2) is 8.42 Å². The van der Waals surface area contributed by atoms with Crippen LogP contribution in [0, 0.1) is 5.92 Å². The lowest BCUT2D eigenvalue weighted by atomic mass is 10.1. The predicted octanol–water partition coefficient (Wildman–Crippen LogP) is -0.0299. The van der Waals surface area contributed by atoms with E-state index in [1.165, 1.54) is 0 Å². The summed E-state index contributed by atoms with van der Waals surface area (Å²) in [6, 6.07) is 0.271. The van der Waals surface area contributed by atoms with Gasteiger partial charge in [-0.15, -0.1) is 0 Å². The zero-order valence-corrected chi connectivity index (χ0v) is 9.95. The van der Waals surface area contributed by atoms with E-state index in [9.17, 15) is 13.2 Å². The maximum absolute atomic E-state index is 11.3. The molecule has 1 atom stereocenters. The van der Waals surface area contributed by atoms with Gasteiger partial charge in [-0.2, -0.15) is 0 Å². The summed E-state index contributed by atoms with van der Waals surface area (Å²) in [7, 11) is -2.82. The largest absolute Gasteiger partial charge is 0.481 e. The number of sulfone groups is 1. The number of likely N-dealkylation sites (tertiary alicyclic amines) is 1. The summed E-state index contributed by atoms with van der Waals surface area (Å²) in [5.74, 6) is -0.484. The smallest absolute Gasteiger partial charge is 0.307 e. The van der Waals surface area contributed by atoms with E-state index < -0.39 is 15.8 Å². The molecule has 2 saturated heterocycles. The topological polar surface area (TPSA) is 74.7 Å². The molecule has 2 heterocycles. The Morgan fingerprint density at radius 1 is 1.19 bits per heavy atom. The number of rotatable bonds is 2. The Balaban J connectivity index is 1.89. The van der Waals surface area contributed by atoms with Crippen molar-refractivity contribution in [2.75, 3.05) is 24.6 Å². The highest BCUT2D eigenvalue weighted by atomic mass is 32.2. The van der Waals surface area contributed by atoms with Gasteiger partial charge in [0.1, 0.15) is 9.84 Å². The second-order valence-corrected chi connectivity index (χ2v) is 7.01. The van der Waals surface area contributed by atoms with Gasteiger partial charge in [-0.3, -0.25) is 9.69 Å². The Kier molecular flexibility index (Phi) is 3.21. The summed E-state index contributed by atoms with van der Waals surface area (Å²) < 4.78 is 22.5. The molecule has 0 aromatic carbocycles. The lowest BCUT2D eigenvalue weighted by Gasteiger charge is -2.30. The van der Waals surface area contributed by atoms with Crippen molar-refractivity contribution in [2.24, 2.45) is 5.92 Å². The molecule has 0 saturated carbocycles. The van der Waals surface area contributed by atoms with Crippen LogP contribution in [0.4, 0.5) is 0 Å². The number of hydrogen-bond donors (Lipinski definition) is 1. The average Bonchev–Trinajstić information content (AvgIpc) is 2.66. The van der Waals surface area contributed by atoms with Crippen LogP contribution in [0.5, 0.6) is 0 Å². The van der Waals surface area contributed by atoms with E-state index in [1.807, 2.05) is 0 Å². The zero-order chi connectivity index (χ0) is 11.8. The van der Waals surface area contributed by atoms with Crippen molar-refractivity contribution in [1.82, 2.24) is 4.90 Å². The van der Waals surface area contributed by atoms with Gasteiger partial charge in [-0.05, 0) is 25.8 Å². The van der Waals surface area contributed by atoms with Gasteiger partial charge in [0.15, 0.2) is 0 Å². The first-order valence-electron chi connectivity index (χ1n) is 5.65. The lowest BCUT2D eigenvalue weighted by molar-refractivity contribution is -0.141. The van der Waals surface area contributed by atoms with Gasteiger partial charge in [0.2, 0.25) is 0 Å². The van der Waals surface area contributed by atoms with E-state index in [0.717, 1.165) is 6.54 Å². The standard InChI is InChI=1S/C10H17NO4S/c12-10(13)8-1-4-11(7-8)9-2-5-16(14,15)6-3-9/h8-9H,1-7H2,(H,12,13). The van der Waals surface area contributed by atoms with E-state index >= 15 is 0 Å². The van der Waals surface area contributed by atoms with Gasteiger partial charge < -0.3 is 5.11 Å². The van der Waals surface area contributed by atoms with Crippen LogP contribution in [0.1, 0.15) is 19.3 Å². The van der Waals surface area contributed by atoms with Crippen molar-refractivity contribution in [3.63, 3.8) is 0 Å². The molecule has 1 N–H and O–H groups in total. The lowest BCUT2D eigenvalue weighted by Crippen LogP contribution is -2.40. The normalized spacial score (nSPS) is 31.6. The third-order valence-corrected chi connectivity index (χ3v) is 5.32. The van der Waals surface area contributed by atoms with Crippen molar-refractivity contribution in [3.8, 4) is 0 Å². The molecule has 0 spiro atoms. The minimum Gasteiger partial charge on any atom is -0.481 e. The Labute approximate surface area is 95.4 Å². The Morgan fingerprint density at radius 2 is 1.81 bits per heavy atom. The number of carboxylic acid groups (broad SMARTS) is 1. The summed E-state index contributed by atoms with van der Waals surface area (Å²) >= 11 is 0. The maximum Gasteiger partial charge on any atom is 0.307 e. The fraction of sp³-hybridized carbons (Fsp3) is 0.900. The summed E-state index contributed by atoms with van der Waals surface area (Å²) in [5, 5.41) is 8.89. The first kappa shape index (κ1) is 11.9.